The molecule has 0 spiro atoms. The fourth-order valence-electron chi connectivity index (χ4n) is 3.65. The standard InChI is InChI=1S/C23H24N2O3S2/c1-3-28-16-9-7-15(8-10-16)24-22(27)20-17-11-6-14(2)13-19(17)30-23(20)25-21(26)18-5-4-12-29-18/h4-5,7-10,12,14H,3,6,11,13H2,1-2H3,(H,24,27)(H,25,26)/t14-/m1/s1. The topological polar surface area (TPSA) is 67.4 Å². The van der Waals surface area contributed by atoms with Crippen molar-refractivity contribution < 1.29 is 14.3 Å². The lowest BCUT2D eigenvalue weighted by Crippen LogP contribution is -2.19. The highest BCUT2D eigenvalue weighted by atomic mass is 32.1. The van der Waals surface area contributed by atoms with E-state index in [0.29, 0.717) is 33.7 Å². The van der Waals surface area contributed by atoms with Crippen molar-refractivity contribution in [1.82, 2.24) is 0 Å². The van der Waals surface area contributed by atoms with E-state index in [2.05, 4.69) is 17.6 Å². The van der Waals surface area contributed by atoms with Crippen molar-refractivity contribution in [2.24, 2.45) is 5.92 Å². The van der Waals surface area contributed by atoms with Gasteiger partial charge in [0.25, 0.3) is 11.8 Å². The zero-order valence-corrected chi connectivity index (χ0v) is 18.6. The first-order chi connectivity index (χ1) is 14.5. The summed E-state index contributed by atoms with van der Waals surface area (Å²) in [7, 11) is 0. The van der Waals surface area contributed by atoms with Gasteiger partial charge in [0, 0.05) is 10.6 Å². The predicted molar refractivity (Wildman–Crippen MR) is 123 cm³/mol. The van der Waals surface area contributed by atoms with Crippen molar-refractivity contribution >= 4 is 45.2 Å². The summed E-state index contributed by atoms with van der Waals surface area (Å²) in [6, 6.07) is 11.0. The Bertz CT molecular complexity index is 1040. The highest BCUT2D eigenvalue weighted by Crippen LogP contribution is 2.40. The van der Waals surface area contributed by atoms with Gasteiger partial charge in [-0.2, -0.15) is 0 Å². The molecule has 2 amide bonds. The van der Waals surface area contributed by atoms with Crippen LogP contribution in [0.25, 0.3) is 0 Å². The zero-order chi connectivity index (χ0) is 21.1. The molecule has 0 fully saturated rings. The van der Waals surface area contributed by atoms with Crippen molar-refractivity contribution in [3.8, 4) is 5.75 Å². The van der Waals surface area contributed by atoms with Gasteiger partial charge in [0.15, 0.2) is 0 Å². The van der Waals surface area contributed by atoms with E-state index in [1.165, 1.54) is 27.6 Å². The minimum atomic E-state index is -0.187. The number of fused-ring (bicyclic) bond motifs is 1. The van der Waals surface area contributed by atoms with Crippen LogP contribution in [-0.4, -0.2) is 18.4 Å². The molecule has 2 N–H and O–H groups in total. The van der Waals surface area contributed by atoms with Crippen LogP contribution in [0, 0.1) is 5.92 Å². The maximum atomic E-state index is 13.2. The average molecular weight is 441 g/mol. The van der Waals surface area contributed by atoms with E-state index in [0.717, 1.165) is 30.6 Å². The van der Waals surface area contributed by atoms with Crippen LogP contribution in [-0.2, 0) is 12.8 Å². The molecule has 156 valence electrons. The quantitative estimate of drug-likeness (QED) is 0.506. The summed E-state index contributed by atoms with van der Waals surface area (Å²) >= 11 is 2.92. The number of nitrogens with one attached hydrogen (secondary N) is 2. The van der Waals surface area contributed by atoms with Crippen LogP contribution in [0.3, 0.4) is 0 Å². The number of hydrogen-bond acceptors (Lipinski definition) is 5. The van der Waals surface area contributed by atoms with Crippen molar-refractivity contribution in [3.05, 3.63) is 62.7 Å². The van der Waals surface area contributed by atoms with Gasteiger partial charge in [-0.05, 0) is 73.4 Å². The van der Waals surface area contributed by atoms with Crippen LogP contribution in [0.15, 0.2) is 41.8 Å². The first-order valence-electron chi connectivity index (χ1n) is 10.1. The summed E-state index contributed by atoms with van der Waals surface area (Å²) in [5.74, 6) is 0.986. The van der Waals surface area contributed by atoms with Crippen molar-refractivity contribution in [2.75, 3.05) is 17.2 Å². The molecule has 3 aromatic rings. The van der Waals surface area contributed by atoms with E-state index < -0.39 is 0 Å². The van der Waals surface area contributed by atoms with Crippen molar-refractivity contribution in [1.29, 1.82) is 0 Å². The lowest BCUT2D eigenvalue weighted by atomic mass is 9.88. The molecule has 2 heterocycles. The van der Waals surface area contributed by atoms with Crippen molar-refractivity contribution in [2.45, 2.75) is 33.1 Å². The third kappa shape index (κ3) is 4.42. The second-order valence-electron chi connectivity index (χ2n) is 7.40. The maximum absolute atomic E-state index is 13.2. The van der Waals surface area contributed by atoms with Gasteiger partial charge in [-0.1, -0.05) is 13.0 Å². The number of hydrogen-bond donors (Lipinski definition) is 2. The summed E-state index contributed by atoms with van der Waals surface area (Å²) in [5.41, 5.74) is 2.37. The van der Waals surface area contributed by atoms with Crippen molar-refractivity contribution in [3.63, 3.8) is 0 Å². The summed E-state index contributed by atoms with van der Waals surface area (Å²) in [6.07, 6.45) is 2.84. The third-order valence-corrected chi connectivity index (χ3v) is 7.17. The second-order valence-corrected chi connectivity index (χ2v) is 9.45. The Morgan fingerprint density at radius 1 is 1.13 bits per heavy atom. The Morgan fingerprint density at radius 2 is 1.93 bits per heavy atom. The molecule has 0 aliphatic heterocycles. The molecular weight excluding hydrogens is 416 g/mol. The van der Waals surface area contributed by atoms with Gasteiger partial charge in [0.2, 0.25) is 0 Å². The van der Waals surface area contributed by atoms with E-state index in [4.69, 9.17) is 4.74 Å². The number of ether oxygens (including phenoxy) is 1. The molecule has 4 rings (SSSR count). The fourth-order valence-corrected chi connectivity index (χ4v) is 5.67. The molecule has 1 aliphatic carbocycles. The Kier molecular flexibility index (Phi) is 6.20. The molecule has 0 unspecified atom stereocenters. The van der Waals surface area contributed by atoms with Crippen LogP contribution < -0.4 is 15.4 Å². The van der Waals surface area contributed by atoms with E-state index in [1.54, 1.807) is 6.07 Å². The molecule has 1 aliphatic rings. The molecule has 30 heavy (non-hydrogen) atoms. The molecule has 1 atom stereocenters. The highest BCUT2D eigenvalue weighted by Gasteiger charge is 2.28. The molecule has 7 heteroatoms. The van der Waals surface area contributed by atoms with Gasteiger partial charge in [-0.25, -0.2) is 0 Å². The lowest BCUT2D eigenvalue weighted by molar-refractivity contribution is 0.102. The van der Waals surface area contributed by atoms with Gasteiger partial charge < -0.3 is 15.4 Å². The largest absolute Gasteiger partial charge is 0.494 e. The fraction of sp³-hybridized carbons (Fsp3) is 0.304. The Labute approximate surface area is 184 Å². The number of benzene rings is 1. The second kappa shape index (κ2) is 9.02. The van der Waals surface area contributed by atoms with Gasteiger partial charge in [-0.15, -0.1) is 22.7 Å². The maximum Gasteiger partial charge on any atom is 0.266 e. The highest BCUT2D eigenvalue weighted by molar-refractivity contribution is 7.17. The smallest absolute Gasteiger partial charge is 0.266 e. The SMILES string of the molecule is CCOc1ccc(NC(=O)c2c(NC(=O)c3cccs3)sc3c2CC[C@@H](C)C3)cc1. The molecule has 0 bridgehead atoms. The summed E-state index contributed by atoms with van der Waals surface area (Å²) in [4.78, 5) is 27.7. The van der Waals surface area contributed by atoms with Crippen LogP contribution in [0.4, 0.5) is 10.7 Å². The van der Waals surface area contributed by atoms with Gasteiger partial charge in [0.1, 0.15) is 10.8 Å². The molecule has 0 radical (unpaired) electrons. The molecule has 0 saturated heterocycles. The van der Waals surface area contributed by atoms with Gasteiger partial charge in [-0.3, -0.25) is 9.59 Å². The van der Waals surface area contributed by atoms with Crippen LogP contribution in [0.5, 0.6) is 5.75 Å². The number of carbonyl (C=O) groups excluding carboxylic acids is 2. The summed E-state index contributed by atoms with van der Waals surface area (Å²) < 4.78 is 5.46. The third-order valence-electron chi connectivity index (χ3n) is 5.13. The van der Waals surface area contributed by atoms with Crippen LogP contribution in [0.2, 0.25) is 0 Å². The first kappa shape index (κ1) is 20.6. The number of anilines is 2. The summed E-state index contributed by atoms with van der Waals surface area (Å²) in [6.45, 7) is 4.76. The Morgan fingerprint density at radius 3 is 2.63 bits per heavy atom. The molecule has 5 nitrogen and oxygen atoms in total. The van der Waals surface area contributed by atoms with Crippen LogP contribution >= 0.6 is 22.7 Å². The minimum absolute atomic E-state index is 0.174. The minimum Gasteiger partial charge on any atom is -0.494 e. The van der Waals surface area contributed by atoms with E-state index in [1.807, 2.05) is 42.6 Å². The van der Waals surface area contributed by atoms with E-state index >= 15 is 0 Å². The normalized spacial score (nSPS) is 15.3. The van der Waals surface area contributed by atoms with E-state index in [9.17, 15) is 9.59 Å². The molecule has 1 aromatic carbocycles. The Balaban J connectivity index is 1.61. The average Bonchev–Trinajstić information content (AvgIpc) is 3.37. The Hall–Kier alpha value is -2.64. The number of rotatable bonds is 6. The molecular formula is C23H24N2O3S2. The summed E-state index contributed by atoms with van der Waals surface area (Å²) in [5, 5.41) is 8.48. The number of amides is 2. The van der Waals surface area contributed by atoms with Crippen LogP contribution in [0.1, 0.15) is 50.7 Å². The number of thiophene rings is 2. The van der Waals surface area contributed by atoms with Gasteiger partial charge in [0.05, 0.1) is 17.0 Å². The predicted octanol–water partition coefficient (Wildman–Crippen LogP) is 5.84. The molecule has 2 aromatic heterocycles. The lowest BCUT2D eigenvalue weighted by Gasteiger charge is -2.18. The zero-order valence-electron chi connectivity index (χ0n) is 17.0. The first-order valence-corrected chi connectivity index (χ1v) is 11.8. The number of carbonyl (C=O) groups is 2. The molecule has 0 saturated carbocycles. The monoisotopic (exact) mass is 440 g/mol. The van der Waals surface area contributed by atoms with Gasteiger partial charge >= 0.3 is 0 Å². The van der Waals surface area contributed by atoms with E-state index in [-0.39, 0.29) is 11.8 Å².